The van der Waals surface area contributed by atoms with Crippen LogP contribution in [0.2, 0.25) is 0 Å². The molecule has 14 heteroatoms. The molecule has 0 bridgehead atoms. The van der Waals surface area contributed by atoms with Crippen LogP contribution in [0.3, 0.4) is 0 Å². The second kappa shape index (κ2) is 10.3. The molecule has 2 aromatic rings. The third-order valence-corrected chi connectivity index (χ3v) is 9.23. The van der Waals surface area contributed by atoms with Crippen LogP contribution in [0.4, 0.5) is 32.6 Å². The Bertz CT molecular complexity index is 1390. The number of halogens is 6. The molecule has 4 aliphatic rings. The summed E-state index contributed by atoms with van der Waals surface area (Å²) in [6.45, 7) is 7.00. The van der Waals surface area contributed by atoms with Crippen LogP contribution < -0.4 is 9.64 Å². The number of fused-ring (bicyclic) bond motifs is 2. The Kier molecular flexibility index (Phi) is 7.26. The van der Waals surface area contributed by atoms with Gasteiger partial charge < -0.3 is 19.3 Å². The van der Waals surface area contributed by atoms with E-state index in [4.69, 9.17) is 9.47 Å². The first-order chi connectivity index (χ1) is 19.6. The highest BCUT2D eigenvalue weighted by Crippen LogP contribution is 2.45. The van der Waals surface area contributed by atoms with Crippen molar-refractivity contribution in [2.24, 2.45) is 0 Å². The van der Waals surface area contributed by atoms with Gasteiger partial charge in [0, 0.05) is 37.5 Å². The van der Waals surface area contributed by atoms with Gasteiger partial charge in [-0.15, -0.1) is 0 Å². The largest absolute Gasteiger partial charge is 0.461 e. The van der Waals surface area contributed by atoms with Gasteiger partial charge in [0.15, 0.2) is 5.82 Å². The van der Waals surface area contributed by atoms with Crippen molar-refractivity contribution >= 4 is 38.7 Å². The molecule has 0 spiro atoms. The first kappa shape index (κ1) is 29.6. The molecule has 4 fully saturated rings. The molecule has 0 unspecified atom stereocenters. The van der Waals surface area contributed by atoms with Crippen molar-refractivity contribution in [2.45, 2.75) is 88.4 Å². The standard InChI is InChI=1S/C28H33BrF5N5O3/c1-26(2,3)42-25(40)37-12-17(13-37)39(16-5-6-16)23-18-9-19(28(32,33)34)20(29)21(31)22(18)35-24(36-23)41-14-27-7-4-8-38(27)11-15(30)10-27/h9,15-17H,4-8,10-14H2,1-3H3/t15-,27-/m1/s1. The van der Waals surface area contributed by atoms with E-state index in [-0.39, 0.29) is 54.5 Å². The summed E-state index contributed by atoms with van der Waals surface area (Å²) in [5, 5.41) is -0.0941. The molecular formula is C28H33BrF5N5O3. The number of amides is 1. The number of hydrogen-bond acceptors (Lipinski definition) is 7. The first-order valence-electron chi connectivity index (χ1n) is 14.2. The summed E-state index contributed by atoms with van der Waals surface area (Å²) in [5.41, 5.74) is -2.68. The van der Waals surface area contributed by atoms with Crippen molar-refractivity contribution in [1.29, 1.82) is 0 Å². The van der Waals surface area contributed by atoms with Gasteiger partial charge in [-0.05, 0) is 75.0 Å². The van der Waals surface area contributed by atoms with E-state index in [0.717, 1.165) is 38.3 Å². The lowest BCUT2D eigenvalue weighted by Crippen LogP contribution is -2.62. The van der Waals surface area contributed by atoms with E-state index in [1.807, 2.05) is 4.90 Å². The lowest BCUT2D eigenvalue weighted by atomic mass is 9.95. The highest BCUT2D eigenvalue weighted by molar-refractivity contribution is 9.10. The average Bonchev–Trinajstić information content (AvgIpc) is 3.54. The molecule has 3 aliphatic heterocycles. The average molecular weight is 662 g/mol. The van der Waals surface area contributed by atoms with E-state index in [9.17, 15) is 22.4 Å². The molecule has 3 saturated heterocycles. The Hall–Kier alpha value is -2.48. The number of aromatic nitrogens is 2. The molecule has 230 valence electrons. The molecule has 1 aromatic heterocycles. The van der Waals surface area contributed by atoms with Crippen LogP contribution in [0.5, 0.6) is 6.01 Å². The van der Waals surface area contributed by atoms with Crippen LogP contribution in [-0.4, -0.2) is 88.0 Å². The molecule has 1 aliphatic carbocycles. The maximum absolute atomic E-state index is 15.6. The third-order valence-electron chi connectivity index (χ3n) is 8.46. The molecule has 1 saturated carbocycles. The number of anilines is 1. The monoisotopic (exact) mass is 661 g/mol. The number of carbonyl (C=O) groups is 1. The van der Waals surface area contributed by atoms with Crippen LogP contribution in [-0.2, 0) is 10.9 Å². The van der Waals surface area contributed by atoms with E-state index in [2.05, 4.69) is 30.8 Å². The quantitative estimate of drug-likeness (QED) is 0.347. The van der Waals surface area contributed by atoms with E-state index in [0.29, 0.717) is 13.0 Å². The Labute approximate surface area is 248 Å². The smallest absolute Gasteiger partial charge is 0.417 e. The minimum atomic E-state index is -4.83. The lowest BCUT2D eigenvalue weighted by Gasteiger charge is -2.46. The lowest BCUT2D eigenvalue weighted by molar-refractivity contribution is -0.138. The molecule has 1 aromatic carbocycles. The molecule has 2 atom stereocenters. The van der Waals surface area contributed by atoms with Crippen molar-refractivity contribution in [3.8, 4) is 6.01 Å². The van der Waals surface area contributed by atoms with E-state index >= 15 is 4.39 Å². The summed E-state index contributed by atoms with van der Waals surface area (Å²) in [4.78, 5) is 26.8. The third kappa shape index (κ3) is 5.48. The summed E-state index contributed by atoms with van der Waals surface area (Å²) in [6, 6.07) is 0.362. The maximum atomic E-state index is 15.6. The molecule has 0 N–H and O–H groups in total. The van der Waals surface area contributed by atoms with Gasteiger partial charge in [0.05, 0.1) is 21.6 Å². The fraction of sp³-hybridized carbons (Fsp3) is 0.679. The Morgan fingerprint density at radius 2 is 1.88 bits per heavy atom. The van der Waals surface area contributed by atoms with Gasteiger partial charge in [-0.1, -0.05) is 0 Å². The molecule has 4 heterocycles. The van der Waals surface area contributed by atoms with Gasteiger partial charge in [-0.3, -0.25) is 4.90 Å². The number of benzene rings is 1. The maximum Gasteiger partial charge on any atom is 0.417 e. The first-order valence-corrected chi connectivity index (χ1v) is 15.0. The van der Waals surface area contributed by atoms with Gasteiger partial charge >= 0.3 is 18.3 Å². The molecule has 8 nitrogen and oxygen atoms in total. The van der Waals surface area contributed by atoms with Crippen LogP contribution >= 0.6 is 15.9 Å². The number of hydrogen-bond donors (Lipinski definition) is 0. The fourth-order valence-electron chi connectivity index (χ4n) is 6.39. The van der Waals surface area contributed by atoms with Crippen LogP contribution in [0.15, 0.2) is 10.5 Å². The van der Waals surface area contributed by atoms with Gasteiger partial charge in [0.25, 0.3) is 0 Å². The minimum Gasteiger partial charge on any atom is -0.461 e. The molecule has 6 rings (SSSR count). The Balaban J connectivity index is 1.37. The topological polar surface area (TPSA) is 71.0 Å². The summed E-state index contributed by atoms with van der Waals surface area (Å²) >= 11 is 2.79. The van der Waals surface area contributed by atoms with Gasteiger partial charge in [0.1, 0.15) is 29.7 Å². The number of nitrogens with zero attached hydrogens (tertiary/aromatic N) is 5. The van der Waals surface area contributed by atoms with Crippen LogP contribution in [0, 0.1) is 5.82 Å². The minimum absolute atomic E-state index is 0.0474. The van der Waals surface area contributed by atoms with Crippen molar-refractivity contribution in [1.82, 2.24) is 19.8 Å². The zero-order chi connectivity index (χ0) is 30.2. The number of rotatable bonds is 6. The zero-order valence-electron chi connectivity index (χ0n) is 23.6. The van der Waals surface area contributed by atoms with Gasteiger partial charge in [0.2, 0.25) is 0 Å². The Morgan fingerprint density at radius 1 is 1.17 bits per heavy atom. The van der Waals surface area contributed by atoms with Crippen molar-refractivity contribution in [3.63, 3.8) is 0 Å². The normalized spacial score (nSPS) is 25.1. The van der Waals surface area contributed by atoms with Crippen molar-refractivity contribution < 1.29 is 36.2 Å². The Morgan fingerprint density at radius 3 is 2.52 bits per heavy atom. The predicted molar refractivity (Wildman–Crippen MR) is 148 cm³/mol. The second-order valence-electron chi connectivity index (χ2n) is 12.8. The fourth-order valence-corrected chi connectivity index (χ4v) is 6.91. The second-order valence-corrected chi connectivity index (χ2v) is 13.6. The van der Waals surface area contributed by atoms with Gasteiger partial charge in [-0.2, -0.15) is 23.1 Å². The molecule has 1 amide bonds. The summed E-state index contributed by atoms with van der Waals surface area (Å²) < 4.78 is 82.5. The molecule has 0 radical (unpaired) electrons. The highest BCUT2D eigenvalue weighted by atomic mass is 79.9. The SMILES string of the molecule is CC(C)(C)OC(=O)N1CC(N(c2nc(OC[C@]34CCCN3C[C@H](F)C4)nc3c(F)c(Br)c(C(F)(F)F)cc23)C2CC2)C1. The predicted octanol–water partition coefficient (Wildman–Crippen LogP) is 6.09. The summed E-state index contributed by atoms with van der Waals surface area (Å²) in [5.74, 6) is -1.04. The highest BCUT2D eigenvalue weighted by Gasteiger charge is 2.50. The zero-order valence-corrected chi connectivity index (χ0v) is 25.2. The molecular weight excluding hydrogens is 629 g/mol. The van der Waals surface area contributed by atoms with Crippen LogP contribution in [0.1, 0.15) is 58.4 Å². The molecule has 42 heavy (non-hydrogen) atoms. The van der Waals surface area contributed by atoms with Crippen molar-refractivity contribution in [3.05, 3.63) is 21.9 Å². The van der Waals surface area contributed by atoms with Crippen molar-refractivity contribution in [2.75, 3.05) is 37.7 Å². The number of alkyl halides is 4. The van der Waals surface area contributed by atoms with Crippen LogP contribution in [0.25, 0.3) is 10.9 Å². The number of ether oxygens (including phenoxy) is 2. The van der Waals surface area contributed by atoms with E-state index in [1.165, 1.54) is 4.90 Å². The summed E-state index contributed by atoms with van der Waals surface area (Å²) in [6.07, 6.45) is -2.81. The van der Waals surface area contributed by atoms with Gasteiger partial charge in [-0.25, -0.2) is 13.6 Å². The summed E-state index contributed by atoms with van der Waals surface area (Å²) in [7, 11) is 0. The number of carbonyl (C=O) groups excluding carboxylic acids is 1. The number of likely N-dealkylation sites (tertiary alicyclic amines) is 1. The van der Waals surface area contributed by atoms with E-state index < -0.39 is 45.4 Å². The van der Waals surface area contributed by atoms with E-state index in [1.54, 1.807) is 20.8 Å².